The van der Waals surface area contributed by atoms with Gasteiger partial charge in [0, 0.05) is 31.4 Å². The molecule has 1 aliphatic heterocycles. The van der Waals surface area contributed by atoms with Gasteiger partial charge in [-0.15, -0.1) is 0 Å². The lowest BCUT2D eigenvalue weighted by Gasteiger charge is -2.37. The molecule has 0 saturated heterocycles. The summed E-state index contributed by atoms with van der Waals surface area (Å²) < 4.78 is 6.33. The van der Waals surface area contributed by atoms with Gasteiger partial charge in [0.1, 0.15) is 11.7 Å². The molecule has 3 amide bonds. The number of nitrogens with zero attached hydrogens (tertiary/aromatic N) is 3. The number of nitrogens with one attached hydrogen (secondary N) is 1. The van der Waals surface area contributed by atoms with Crippen molar-refractivity contribution in [3.05, 3.63) is 59.8 Å². The van der Waals surface area contributed by atoms with Gasteiger partial charge in [-0.2, -0.15) is 0 Å². The van der Waals surface area contributed by atoms with E-state index in [2.05, 4.69) is 16.4 Å². The molecular formula is C28H36N4O4. The second-order valence-corrected chi connectivity index (χ2v) is 9.85. The smallest absolute Gasteiger partial charge is 0.321 e. The van der Waals surface area contributed by atoms with Gasteiger partial charge in [0.2, 0.25) is 5.88 Å². The molecular weight excluding hydrogens is 456 g/mol. The Morgan fingerprint density at radius 1 is 1.31 bits per heavy atom. The summed E-state index contributed by atoms with van der Waals surface area (Å²) in [5.74, 6) is -0.0351. The normalized spacial score (nSPS) is 20.8. The lowest BCUT2D eigenvalue weighted by atomic mass is 9.93. The highest BCUT2D eigenvalue weighted by atomic mass is 16.5. The molecule has 1 aliphatic carbocycles. The van der Waals surface area contributed by atoms with Crippen LogP contribution in [0.3, 0.4) is 0 Å². The van der Waals surface area contributed by atoms with Crippen LogP contribution < -0.4 is 10.1 Å². The van der Waals surface area contributed by atoms with Crippen LogP contribution in [0, 0.1) is 5.92 Å². The summed E-state index contributed by atoms with van der Waals surface area (Å²) in [5.41, 5.74) is 3.25. The maximum atomic E-state index is 13.6. The molecule has 2 aromatic rings. The molecule has 192 valence electrons. The predicted octanol–water partition coefficient (Wildman–Crippen LogP) is 4.42. The van der Waals surface area contributed by atoms with Crippen molar-refractivity contribution in [2.24, 2.45) is 5.92 Å². The summed E-state index contributed by atoms with van der Waals surface area (Å²) in [7, 11) is 1.72. The maximum Gasteiger partial charge on any atom is 0.321 e. The highest BCUT2D eigenvalue weighted by Crippen LogP contribution is 2.32. The number of benzene rings is 1. The van der Waals surface area contributed by atoms with Crippen LogP contribution in [-0.2, 0) is 0 Å². The predicted molar refractivity (Wildman–Crippen MR) is 140 cm³/mol. The first kappa shape index (κ1) is 25.7. The number of urea groups is 1. The highest BCUT2D eigenvalue weighted by molar-refractivity contribution is 5.97. The van der Waals surface area contributed by atoms with Crippen LogP contribution in [0.2, 0.25) is 0 Å². The summed E-state index contributed by atoms with van der Waals surface area (Å²) in [6, 6.07) is 10.6. The molecule has 2 heterocycles. The average molecular weight is 493 g/mol. The van der Waals surface area contributed by atoms with Crippen molar-refractivity contribution in [3.8, 4) is 5.88 Å². The monoisotopic (exact) mass is 492 g/mol. The van der Waals surface area contributed by atoms with E-state index in [1.807, 2.05) is 50.2 Å². The van der Waals surface area contributed by atoms with Gasteiger partial charge < -0.3 is 25.0 Å². The summed E-state index contributed by atoms with van der Waals surface area (Å²) in [5, 5.41) is 12.8. The van der Waals surface area contributed by atoms with E-state index in [-0.39, 0.29) is 36.4 Å². The number of likely N-dealkylation sites (N-methyl/N-ethyl adjacent to an activating group) is 1. The molecule has 0 fully saturated rings. The number of aromatic nitrogens is 1. The van der Waals surface area contributed by atoms with E-state index < -0.39 is 6.10 Å². The van der Waals surface area contributed by atoms with Gasteiger partial charge in [0.15, 0.2) is 0 Å². The number of aliphatic hydroxyl groups is 1. The SMILES string of the molecule is C[C@@H]1CN([C@@H](C)CO)C(=O)c2cc(C3=CCCCC3)cnc2O[C@@H]1CN(C)C(=O)Nc1ccccc1. The van der Waals surface area contributed by atoms with E-state index in [1.54, 1.807) is 23.0 Å². The standard InChI is InChI=1S/C28H36N4O4/c1-19-16-32(20(2)18-33)27(34)24-14-22(21-10-6-4-7-11-21)15-29-26(24)36-25(19)17-31(3)28(35)30-23-12-8-5-9-13-23/h5,8-10,12-15,19-20,25,33H,4,6-7,11,16-18H2,1-3H3,(H,30,35)/t19-,20+,25-/m1/s1. The molecule has 0 bridgehead atoms. The molecule has 8 nitrogen and oxygen atoms in total. The summed E-state index contributed by atoms with van der Waals surface area (Å²) in [4.78, 5) is 34.3. The molecule has 8 heteroatoms. The fourth-order valence-corrected chi connectivity index (χ4v) is 4.69. The molecule has 1 aromatic heterocycles. The lowest BCUT2D eigenvalue weighted by molar-refractivity contribution is 0.0356. The first-order chi connectivity index (χ1) is 17.4. The van der Waals surface area contributed by atoms with E-state index in [9.17, 15) is 14.7 Å². The third-order valence-electron chi connectivity index (χ3n) is 7.01. The van der Waals surface area contributed by atoms with Gasteiger partial charge in [0.05, 0.1) is 19.2 Å². The third-order valence-corrected chi connectivity index (χ3v) is 7.01. The molecule has 3 atom stereocenters. The van der Waals surface area contributed by atoms with Crippen molar-refractivity contribution in [1.82, 2.24) is 14.8 Å². The van der Waals surface area contributed by atoms with Gasteiger partial charge in [-0.05, 0) is 61.9 Å². The number of rotatable bonds is 6. The molecule has 2 N–H and O–H groups in total. The Morgan fingerprint density at radius 3 is 2.78 bits per heavy atom. The minimum absolute atomic E-state index is 0.106. The number of ether oxygens (including phenoxy) is 1. The van der Waals surface area contributed by atoms with E-state index in [4.69, 9.17) is 4.74 Å². The average Bonchev–Trinajstić information content (AvgIpc) is 2.91. The number of para-hydroxylation sites is 1. The summed E-state index contributed by atoms with van der Waals surface area (Å²) in [6.07, 6.45) is 7.89. The van der Waals surface area contributed by atoms with Gasteiger partial charge in [-0.1, -0.05) is 31.2 Å². The molecule has 0 radical (unpaired) electrons. The molecule has 2 aliphatic rings. The summed E-state index contributed by atoms with van der Waals surface area (Å²) >= 11 is 0. The number of pyridine rings is 1. The molecule has 4 rings (SSSR count). The van der Waals surface area contributed by atoms with Crippen molar-refractivity contribution in [3.63, 3.8) is 0 Å². The largest absolute Gasteiger partial charge is 0.472 e. The summed E-state index contributed by atoms with van der Waals surface area (Å²) in [6.45, 7) is 4.39. The number of hydrogen-bond acceptors (Lipinski definition) is 5. The number of fused-ring (bicyclic) bond motifs is 1. The molecule has 0 unspecified atom stereocenters. The van der Waals surface area contributed by atoms with Crippen molar-refractivity contribution >= 4 is 23.2 Å². The first-order valence-corrected chi connectivity index (χ1v) is 12.7. The second kappa shape index (κ2) is 11.6. The Hall–Kier alpha value is -3.39. The zero-order valence-electron chi connectivity index (χ0n) is 21.3. The van der Waals surface area contributed by atoms with Gasteiger partial charge >= 0.3 is 6.03 Å². The van der Waals surface area contributed by atoms with Gasteiger partial charge in [-0.3, -0.25) is 4.79 Å². The number of allylic oxidation sites excluding steroid dienone is 2. The van der Waals surface area contributed by atoms with E-state index in [1.165, 1.54) is 12.0 Å². The number of amides is 3. The number of aliphatic hydroxyl groups excluding tert-OH is 1. The van der Waals surface area contributed by atoms with E-state index >= 15 is 0 Å². The molecule has 0 saturated carbocycles. The topological polar surface area (TPSA) is 95.0 Å². The fourth-order valence-electron chi connectivity index (χ4n) is 4.69. The molecule has 1 aromatic carbocycles. The van der Waals surface area contributed by atoms with Crippen molar-refractivity contribution in [2.75, 3.05) is 32.1 Å². The maximum absolute atomic E-state index is 13.6. The number of anilines is 1. The highest BCUT2D eigenvalue weighted by Gasteiger charge is 2.35. The Morgan fingerprint density at radius 2 is 2.08 bits per heavy atom. The van der Waals surface area contributed by atoms with Crippen LogP contribution in [0.4, 0.5) is 10.5 Å². The molecule has 36 heavy (non-hydrogen) atoms. The van der Waals surface area contributed by atoms with Crippen molar-refractivity contribution < 1.29 is 19.4 Å². The van der Waals surface area contributed by atoms with E-state index in [0.29, 0.717) is 24.3 Å². The molecule has 0 spiro atoms. The van der Waals surface area contributed by atoms with Crippen LogP contribution >= 0.6 is 0 Å². The van der Waals surface area contributed by atoms with Crippen LogP contribution in [0.1, 0.15) is 55.5 Å². The quantitative estimate of drug-likeness (QED) is 0.622. The van der Waals surface area contributed by atoms with Crippen LogP contribution in [0.5, 0.6) is 5.88 Å². The Kier molecular flexibility index (Phi) is 8.25. The number of carbonyl (C=O) groups is 2. The van der Waals surface area contributed by atoms with Crippen LogP contribution in [-0.4, -0.2) is 70.7 Å². The number of carbonyl (C=O) groups excluding carboxylic acids is 2. The third kappa shape index (κ3) is 5.87. The van der Waals surface area contributed by atoms with Gasteiger partial charge in [0.25, 0.3) is 5.91 Å². The fraction of sp³-hybridized carbons (Fsp3) is 0.464. The first-order valence-electron chi connectivity index (χ1n) is 12.7. The minimum Gasteiger partial charge on any atom is -0.472 e. The Labute approximate surface area is 213 Å². The van der Waals surface area contributed by atoms with Crippen LogP contribution in [0.15, 0.2) is 48.7 Å². The Bertz CT molecular complexity index is 1100. The van der Waals surface area contributed by atoms with E-state index in [0.717, 1.165) is 24.8 Å². The zero-order chi connectivity index (χ0) is 25.7. The van der Waals surface area contributed by atoms with Crippen molar-refractivity contribution in [1.29, 1.82) is 0 Å². The Balaban J connectivity index is 1.61. The number of hydrogen-bond donors (Lipinski definition) is 2. The second-order valence-electron chi connectivity index (χ2n) is 9.85. The minimum atomic E-state index is -0.399. The zero-order valence-corrected chi connectivity index (χ0v) is 21.3. The lowest BCUT2D eigenvalue weighted by Crippen LogP contribution is -2.50. The van der Waals surface area contributed by atoms with Crippen molar-refractivity contribution in [2.45, 2.75) is 51.7 Å². The van der Waals surface area contributed by atoms with Crippen LogP contribution in [0.25, 0.3) is 5.57 Å². The van der Waals surface area contributed by atoms with Gasteiger partial charge in [-0.25, -0.2) is 9.78 Å².